The lowest BCUT2D eigenvalue weighted by Gasteiger charge is -2.39. The third-order valence-electron chi connectivity index (χ3n) is 6.14. The molecule has 0 aromatic heterocycles. The van der Waals surface area contributed by atoms with E-state index in [0.717, 1.165) is 47.9 Å². The summed E-state index contributed by atoms with van der Waals surface area (Å²) in [7, 11) is 0. The highest BCUT2D eigenvalue weighted by Crippen LogP contribution is 2.37. The molecule has 0 bridgehead atoms. The van der Waals surface area contributed by atoms with Crippen molar-refractivity contribution in [3.63, 3.8) is 0 Å². The van der Waals surface area contributed by atoms with Crippen molar-refractivity contribution in [1.82, 2.24) is 4.90 Å². The van der Waals surface area contributed by atoms with Crippen LogP contribution in [0, 0.1) is 12.3 Å². The van der Waals surface area contributed by atoms with E-state index in [1.807, 2.05) is 37.3 Å². The molecule has 2 aromatic carbocycles. The summed E-state index contributed by atoms with van der Waals surface area (Å²) in [6, 6.07) is 13.4. The fourth-order valence-corrected chi connectivity index (χ4v) is 4.12. The maximum absolute atomic E-state index is 11.9. The summed E-state index contributed by atoms with van der Waals surface area (Å²) >= 11 is 0. The van der Waals surface area contributed by atoms with Gasteiger partial charge in [-0.2, -0.15) is 0 Å². The van der Waals surface area contributed by atoms with Gasteiger partial charge in [0.2, 0.25) is 5.91 Å². The number of nitrogens with two attached hydrogens (primary N) is 1. The fraction of sp³-hybridized carbons (Fsp3) is 0.417. The van der Waals surface area contributed by atoms with Crippen LogP contribution in [0.15, 0.2) is 42.5 Å². The van der Waals surface area contributed by atoms with Crippen LogP contribution in [-0.2, 0) is 6.54 Å². The second-order valence-corrected chi connectivity index (χ2v) is 8.90. The molecule has 0 heterocycles. The summed E-state index contributed by atoms with van der Waals surface area (Å²) in [5.41, 5.74) is 10.1. The number of hydrogen-bond acceptors (Lipinski definition) is 2. The lowest BCUT2D eigenvalue weighted by atomic mass is 9.75. The van der Waals surface area contributed by atoms with E-state index < -0.39 is 12.0 Å². The lowest BCUT2D eigenvalue weighted by Crippen LogP contribution is -2.42. The highest BCUT2D eigenvalue weighted by atomic mass is 16.4. The van der Waals surface area contributed by atoms with Gasteiger partial charge in [-0.05, 0) is 72.4 Å². The summed E-state index contributed by atoms with van der Waals surface area (Å²) in [5.74, 6) is -0.448. The number of primary amides is 1. The SMILES string of the molecule is Cc1ccc(C(N)=O)cc1-c1ccc(CN(C(=O)O)C2CCC(C)(C)CC2)cc1. The number of carbonyl (C=O) groups is 2. The molecule has 0 saturated heterocycles. The van der Waals surface area contributed by atoms with Crippen molar-refractivity contribution in [2.24, 2.45) is 11.1 Å². The third-order valence-corrected chi connectivity index (χ3v) is 6.14. The topological polar surface area (TPSA) is 83.6 Å². The van der Waals surface area contributed by atoms with Gasteiger partial charge in [-0.1, -0.05) is 44.2 Å². The van der Waals surface area contributed by atoms with Gasteiger partial charge in [-0.25, -0.2) is 4.79 Å². The van der Waals surface area contributed by atoms with E-state index in [-0.39, 0.29) is 6.04 Å². The van der Waals surface area contributed by atoms with E-state index in [2.05, 4.69) is 13.8 Å². The van der Waals surface area contributed by atoms with Crippen LogP contribution in [0.5, 0.6) is 0 Å². The van der Waals surface area contributed by atoms with E-state index in [1.165, 1.54) is 0 Å². The van der Waals surface area contributed by atoms with Gasteiger partial charge in [-0.3, -0.25) is 4.79 Å². The van der Waals surface area contributed by atoms with Gasteiger partial charge >= 0.3 is 6.09 Å². The van der Waals surface area contributed by atoms with Crippen LogP contribution in [-0.4, -0.2) is 28.0 Å². The molecule has 154 valence electrons. The molecule has 3 rings (SSSR count). The maximum Gasteiger partial charge on any atom is 0.407 e. The van der Waals surface area contributed by atoms with Crippen LogP contribution >= 0.6 is 0 Å². The van der Waals surface area contributed by atoms with Gasteiger partial charge in [0, 0.05) is 18.2 Å². The number of carbonyl (C=O) groups excluding carboxylic acids is 1. The Balaban J connectivity index is 1.77. The molecular formula is C24H30N2O3. The molecule has 5 heteroatoms. The number of nitrogens with zero attached hydrogens (tertiary/aromatic N) is 1. The Bertz CT molecular complexity index is 893. The fourth-order valence-electron chi connectivity index (χ4n) is 4.12. The first kappa shape index (κ1) is 20.9. The molecule has 1 saturated carbocycles. The second kappa shape index (κ2) is 8.27. The standard InChI is InChI=1S/C24H30N2O3/c1-16-4-7-19(22(25)27)14-21(16)18-8-5-17(6-9-18)15-26(23(28)29)20-10-12-24(2,3)13-11-20/h4-9,14,20H,10-13,15H2,1-3H3,(H2,25,27)(H,28,29). The molecule has 1 aliphatic rings. The number of rotatable bonds is 5. The summed E-state index contributed by atoms with van der Waals surface area (Å²) in [6.07, 6.45) is 3.07. The van der Waals surface area contributed by atoms with Gasteiger partial charge in [-0.15, -0.1) is 0 Å². The second-order valence-electron chi connectivity index (χ2n) is 8.90. The summed E-state index contributed by atoms with van der Waals surface area (Å²) < 4.78 is 0. The highest BCUT2D eigenvalue weighted by Gasteiger charge is 2.32. The summed E-state index contributed by atoms with van der Waals surface area (Å²) in [6.45, 7) is 6.89. The van der Waals surface area contributed by atoms with Crippen LogP contribution < -0.4 is 5.73 Å². The van der Waals surface area contributed by atoms with E-state index >= 15 is 0 Å². The van der Waals surface area contributed by atoms with Crippen LogP contribution in [0.4, 0.5) is 4.79 Å². The highest BCUT2D eigenvalue weighted by molar-refractivity contribution is 5.94. The van der Waals surface area contributed by atoms with E-state index in [0.29, 0.717) is 17.5 Å². The van der Waals surface area contributed by atoms with Crippen molar-refractivity contribution in [3.05, 3.63) is 59.2 Å². The van der Waals surface area contributed by atoms with E-state index in [1.54, 1.807) is 17.0 Å². The average Bonchev–Trinajstić information content (AvgIpc) is 2.67. The third kappa shape index (κ3) is 4.97. The quantitative estimate of drug-likeness (QED) is 0.730. The average molecular weight is 395 g/mol. The first-order valence-electron chi connectivity index (χ1n) is 10.2. The van der Waals surface area contributed by atoms with Gasteiger partial charge < -0.3 is 15.7 Å². The normalized spacial score (nSPS) is 16.4. The van der Waals surface area contributed by atoms with E-state index in [4.69, 9.17) is 5.73 Å². The molecule has 0 atom stereocenters. The van der Waals surface area contributed by atoms with Gasteiger partial charge in [0.1, 0.15) is 0 Å². The molecule has 29 heavy (non-hydrogen) atoms. The molecule has 1 aliphatic carbocycles. The van der Waals surface area contributed by atoms with Crippen LogP contribution in [0.1, 0.15) is 61.0 Å². The molecule has 1 fully saturated rings. The minimum atomic E-state index is -0.858. The summed E-state index contributed by atoms with van der Waals surface area (Å²) in [5, 5.41) is 9.75. The molecule has 2 aromatic rings. The Hall–Kier alpha value is -2.82. The van der Waals surface area contributed by atoms with E-state index in [9.17, 15) is 14.7 Å². The number of benzene rings is 2. The molecule has 0 aliphatic heterocycles. The predicted octanol–water partition coefficient (Wildman–Crippen LogP) is 5.21. The van der Waals surface area contributed by atoms with Crippen molar-refractivity contribution < 1.29 is 14.7 Å². The Labute approximate surface area is 172 Å². The number of hydrogen-bond donors (Lipinski definition) is 2. The monoisotopic (exact) mass is 394 g/mol. The Morgan fingerprint density at radius 3 is 2.28 bits per heavy atom. The van der Waals surface area contributed by atoms with Gasteiger partial charge in [0.25, 0.3) is 0 Å². The zero-order valence-corrected chi connectivity index (χ0v) is 17.4. The van der Waals surface area contributed by atoms with Gasteiger partial charge in [0.15, 0.2) is 0 Å². The largest absolute Gasteiger partial charge is 0.465 e. The molecule has 0 spiro atoms. The smallest absolute Gasteiger partial charge is 0.407 e. The van der Waals surface area contributed by atoms with Crippen LogP contribution in [0.2, 0.25) is 0 Å². The predicted molar refractivity (Wildman–Crippen MR) is 115 cm³/mol. The number of amides is 2. The molecular weight excluding hydrogens is 364 g/mol. The number of aryl methyl sites for hydroxylation is 1. The minimum absolute atomic E-state index is 0.0784. The molecule has 0 radical (unpaired) electrons. The van der Waals surface area contributed by atoms with Crippen molar-refractivity contribution >= 4 is 12.0 Å². The zero-order valence-electron chi connectivity index (χ0n) is 17.4. The Morgan fingerprint density at radius 2 is 1.72 bits per heavy atom. The summed E-state index contributed by atoms with van der Waals surface area (Å²) in [4.78, 5) is 25.0. The Morgan fingerprint density at radius 1 is 1.10 bits per heavy atom. The van der Waals surface area contributed by atoms with Crippen LogP contribution in [0.3, 0.4) is 0 Å². The Kier molecular flexibility index (Phi) is 5.96. The van der Waals surface area contributed by atoms with Crippen molar-refractivity contribution in [2.45, 2.75) is 59.0 Å². The molecule has 3 N–H and O–H groups in total. The lowest BCUT2D eigenvalue weighted by molar-refractivity contribution is 0.0852. The van der Waals surface area contributed by atoms with Crippen molar-refractivity contribution in [3.8, 4) is 11.1 Å². The molecule has 5 nitrogen and oxygen atoms in total. The zero-order chi connectivity index (χ0) is 21.2. The molecule has 0 unspecified atom stereocenters. The van der Waals surface area contributed by atoms with Crippen molar-refractivity contribution in [2.75, 3.05) is 0 Å². The number of carboxylic acid groups (broad SMARTS) is 1. The first-order chi connectivity index (χ1) is 13.7. The minimum Gasteiger partial charge on any atom is -0.465 e. The van der Waals surface area contributed by atoms with Crippen molar-refractivity contribution in [1.29, 1.82) is 0 Å². The molecule has 2 amide bonds. The first-order valence-corrected chi connectivity index (χ1v) is 10.2. The maximum atomic E-state index is 11.9. The van der Waals surface area contributed by atoms with Gasteiger partial charge in [0.05, 0.1) is 0 Å². The van der Waals surface area contributed by atoms with Crippen LogP contribution in [0.25, 0.3) is 11.1 Å².